The van der Waals surface area contributed by atoms with Crippen molar-refractivity contribution in [2.75, 3.05) is 45.2 Å². The summed E-state index contributed by atoms with van der Waals surface area (Å²) in [5.74, 6) is 0.358. The van der Waals surface area contributed by atoms with E-state index in [1.807, 2.05) is 11.8 Å². The van der Waals surface area contributed by atoms with Gasteiger partial charge >= 0.3 is 0 Å². The molecular formula is C20H24ClN3O4S. The van der Waals surface area contributed by atoms with Crippen LogP contribution in [0.3, 0.4) is 0 Å². The number of anilines is 1. The zero-order valence-corrected chi connectivity index (χ0v) is 18.0. The fourth-order valence-electron chi connectivity index (χ4n) is 3.14. The molecule has 1 fully saturated rings. The van der Waals surface area contributed by atoms with E-state index < -0.39 is 10.0 Å². The highest BCUT2D eigenvalue weighted by Gasteiger charge is 2.29. The molecule has 0 bridgehead atoms. The first-order valence-electron chi connectivity index (χ1n) is 9.22. The predicted octanol–water partition coefficient (Wildman–Crippen LogP) is 2.60. The highest BCUT2D eigenvalue weighted by molar-refractivity contribution is 7.89. The summed E-state index contributed by atoms with van der Waals surface area (Å²) >= 11 is 6.07. The molecule has 1 aliphatic rings. The second-order valence-corrected chi connectivity index (χ2v) is 9.24. The average molecular weight is 438 g/mol. The topological polar surface area (TPSA) is 79.0 Å². The molecule has 0 spiro atoms. The Morgan fingerprint density at radius 3 is 2.34 bits per heavy atom. The first-order chi connectivity index (χ1) is 13.8. The molecule has 0 atom stereocenters. The Bertz CT molecular complexity index is 972. The molecule has 1 aliphatic heterocycles. The van der Waals surface area contributed by atoms with Gasteiger partial charge in [0.25, 0.3) is 0 Å². The number of nitrogens with one attached hydrogen (secondary N) is 1. The lowest BCUT2D eigenvalue weighted by atomic mass is 10.2. The molecule has 2 aromatic rings. The number of amides is 1. The standard InChI is InChI=1S/C20H24ClN3O4S/c1-15-3-6-17(7-4-15)29(26,27)24-11-9-23(10-12-24)14-20(25)22-16-5-8-19(28-2)18(21)13-16/h3-8,13H,9-12,14H2,1-2H3,(H,22,25). The first kappa shape index (κ1) is 21.6. The molecular weight excluding hydrogens is 414 g/mol. The van der Waals surface area contributed by atoms with Gasteiger partial charge in [-0.2, -0.15) is 4.31 Å². The van der Waals surface area contributed by atoms with Crippen LogP contribution in [0.5, 0.6) is 5.75 Å². The van der Waals surface area contributed by atoms with Gasteiger partial charge in [0.05, 0.1) is 23.6 Å². The predicted molar refractivity (Wildman–Crippen MR) is 113 cm³/mol. The molecule has 156 valence electrons. The van der Waals surface area contributed by atoms with Crippen molar-refractivity contribution < 1.29 is 17.9 Å². The third kappa shape index (κ3) is 5.27. The van der Waals surface area contributed by atoms with E-state index in [0.717, 1.165) is 5.56 Å². The molecule has 0 saturated carbocycles. The van der Waals surface area contributed by atoms with Gasteiger partial charge in [-0.1, -0.05) is 29.3 Å². The summed E-state index contributed by atoms with van der Waals surface area (Å²) in [6, 6.07) is 11.9. The van der Waals surface area contributed by atoms with Gasteiger partial charge in [-0.05, 0) is 37.3 Å². The number of sulfonamides is 1. The zero-order chi connectivity index (χ0) is 21.0. The SMILES string of the molecule is COc1ccc(NC(=O)CN2CCN(S(=O)(=O)c3ccc(C)cc3)CC2)cc1Cl. The van der Waals surface area contributed by atoms with E-state index in [0.29, 0.717) is 47.5 Å². The lowest BCUT2D eigenvalue weighted by Crippen LogP contribution is -2.50. The van der Waals surface area contributed by atoms with Crippen molar-refractivity contribution in [1.29, 1.82) is 0 Å². The van der Waals surface area contributed by atoms with Gasteiger partial charge in [-0.15, -0.1) is 0 Å². The van der Waals surface area contributed by atoms with Crippen molar-refractivity contribution in [3.05, 3.63) is 53.1 Å². The van der Waals surface area contributed by atoms with Crippen molar-refractivity contribution in [2.24, 2.45) is 0 Å². The van der Waals surface area contributed by atoms with Gasteiger partial charge < -0.3 is 10.1 Å². The van der Waals surface area contributed by atoms with E-state index in [1.54, 1.807) is 42.5 Å². The van der Waals surface area contributed by atoms with Gasteiger partial charge in [0.15, 0.2) is 0 Å². The van der Waals surface area contributed by atoms with E-state index in [2.05, 4.69) is 5.32 Å². The maximum Gasteiger partial charge on any atom is 0.243 e. The summed E-state index contributed by atoms with van der Waals surface area (Å²) in [7, 11) is -1.99. The maximum absolute atomic E-state index is 12.8. The normalized spacial score (nSPS) is 15.8. The first-order valence-corrected chi connectivity index (χ1v) is 11.0. The average Bonchev–Trinajstić information content (AvgIpc) is 2.69. The second-order valence-electron chi connectivity index (χ2n) is 6.89. The molecule has 0 radical (unpaired) electrons. The Balaban J connectivity index is 1.53. The van der Waals surface area contributed by atoms with E-state index in [9.17, 15) is 13.2 Å². The molecule has 3 rings (SSSR count). The Morgan fingerprint density at radius 2 is 1.76 bits per heavy atom. The van der Waals surface area contributed by atoms with Crippen molar-refractivity contribution in [2.45, 2.75) is 11.8 Å². The molecule has 0 aliphatic carbocycles. The number of carbonyl (C=O) groups excluding carboxylic acids is 1. The number of methoxy groups -OCH3 is 1. The molecule has 2 aromatic carbocycles. The minimum Gasteiger partial charge on any atom is -0.495 e. The van der Waals surface area contributed by atoms with Gasteiger partial charge in [-0.25, -0.2) is 8.42 Å². The van der Waals surface area contributed by atoms with Crippen molar-refractivity contribution in [1.82, 2.24) is 9.21 Å². The molecule has 9 heteroatoms. The van der Waals surface area contributed by atoms with Crippen LogP contribution in [0.25, 0.3) is 0 Å². The number of carbonyl (C=O) groups is 1. The summed E-state index contributed by atoms with van der Waals surface area (Å²) in [4.78, 5) is 14.5. The van der Waals surface area contributed by atoms with Gasteiger partial charge in [0.1, 0.15) is 5.75 Å². The summed E-state index contributed by atoms with van der Waals surface area (Å²) in [6.07, 6.45) is 0. The number of hydrogen-bond acceptors (Lipinski definition) is 5. The van der Waals surface area contributed by atoms with E-state index in [-0.39, 0.29) is 12.5 Å². The maximum atomic E-state index is 12.8. The lowest BCUT2D eigenvalue weighted by Gasteiger charge is -2.33. The van der Waals surface area contributed by atoms with Crippen LogP contribution >= 0.6 is 11.6 Å². The van der Waals surface area contributed by atoms with Crippen LogP contribution in [-0.4, -0.2) is 63.4 Å². The summed E-state index contributed by atoms with van der Waals surface area (Å²) < 4.78 is 32.1. The van der Waals surface area contributed by atoms with Crippen LogP contribution < -0.4 is 10.1 Å². The number of halogens is 1. The molecule has 1 heterocycles. The minimum atomic E-state index is -3.51. The van der Waals surface area contributed by atoms with Crippen molar-refractivity contribution in [3.8, 4) is 5.75 Å². The molecule has 1 N–H and O–H groups in total. The third-order valence-corrected chi connectivity index (χ3v) is 7.00. The van der Waals surface area contributed by atoms with E-state index in [4.69, 9.17) is 16.3 Å². The fourth-order valence-corrected chi connectivity index (χ4v) is 4.81. The molecule has 29 heavy (non-hydrogen) atoms. The third-order valence-electron chi connectivity index (χ3n) is 4.79. The van der Waals surface area contributed by atoms with Crippen LogP contribution in [0.15, 0.2) is 47.4 Å². The Kier molecular flexibility index (Phi) is 6.79. The number of nitrogens with zero attached hydrogens (tertiary/aromatic N) is 2. The van der Waals surface area contributed by atoms with Gasteiger partial charge in [-0.3, -0.25) is 9.69 Å². The molecule has 7 nitrogen and oxygen atoms in total. The van der Waals surface area contributed by atoms with Crippen LogP contribution in [0.2, 0.25) is 5.02 Å². The van der Waals surface area contributed by atoms with E-state index in [1.165, 1.54) is 11.4 Å². The Morgan fingerprint density at radius 1 is 1.10 bits per heavy atom. The molecule has 0 unspecified atom stereocenters. The second kappa shape index (κ2) is 9.13. The highest BCUT2D eigenvalue weighted by atomic mass is 35.5. The van der Waals surface area contributed by atoms with Gasteiger partial charge in [0.2, 0.25) is 15.9 Å². The van der Waals surface area contributed by atoms with Crippen LogP contribution in [0, 0.1) is 6.92 Å². The zero-order valence-electron chi connectivity index (χ0n) is 16.4. The van der Waals surface area contributed by atoms with E-state index >= 15 is 0 Å². The van der Waals surface area contributed by atoms with Crippen molar-refractivity contribution in [3.63, 3.8) is 0 Å². The molecule has 1 amide bonds. The van der Waals surface area contributed by atoms with Crippen LogP contribution in [0.1, 0.15) is 5.56 Å². The Hall–Kier alpha value is -2.13. The summed E-state index contributed by atoms with van der Waals surface area (Å²) in [6.45, 7) is 3.77. The monoisotopic (exact) mass is 437 g/mol. The highest BCUT2D eigenvalue weighted by Crippen LogP contribution is 2.27. The van der Waals surface area contributed by atoms with Gasteiger partial charge in [0, 0.05) is 31.9 Å². The summed E-state index contributed by atoms with van der Waals surface area (Å²) in [5, 5.41) is 3.22. The number of aryl methyl sites for hydroxylation is 1. The molecule has 0 aromatic heterocycles. The number of ether oxygens (including phenoxy) is 1. The van der Waals surface area contributed by atoms with Crippen molar-refractivity contribution >= 4 is 33.2 Å². The number of rotatable bonds is 6. The lowest BCUT2D eigenvalue weighted by molar-refractivity contribution is -0.117. The fraction of sp³-hybridized carbons (Fsp3) is 0.350. The minimum absolute atomic E-state index is 0.180. The Labute approximate surface area is 176 Å². The smallest absolute Gasteiger partial charge is 0.243 e. The number of hydrogen-bond donors (Lipinski definition) is 1. The van der Waals surface area contributed by atoms with Crippen LogP contribution in [0.4, 0.5) is 5.69 Å². The molecule has 1 saturated heterocycles. The van der Waals surface area contributed by atoms with Crippen LogP contribution in [-0.2, 0) is 14.8 Å². The number of benzene rings is 2. The number of piperazine rings is 1. The quantitative estimate of drug-likeness (QED) is 0.751. The summed E-state index contributed by atoms with van der Waals surface area (Å²) in [5.41, 5.74) is 1.60. The largest absolute Gasteiger partial charge is 0.495 e.